The first-order valence-corrected chi connectivity index (χ1v) is 6.84. The van der Waals surface area contributed by atoms with E-state index in [9.17, 15) is 9.59 Å². The van der Waals surface area contributed by atoms with E-state index in [4.69, 9.17) is 21.4 Å². The molecule has 2 unspecified atom stereocenters. The van der Waals surface area contributed by atoms with E-state index in [0.29, 0.717) is 36.8 Å². The van der Waals surface area contributed by atoms with Crippen molar-refractivity contribution < 1.29 is 19.4 Å². The van der Waals surface area contributed by atoms with Gasteiger partial charge in [-0.05, 0) is 31.0 Å². The molecule has 108 valence electrons. The minimum absolute atomic E-state index is 0.210. The van der Waals surface area contributed by atoms with Crippen LogP contribution in [0, 0.1) is 11.8 Å². The number of aliphatic carboxylic acids is 1. The average Bonchev–Trinajstić information content (AvgIpc) is 2.32. The normalized spacial score (nSPS) is 20.9. The molecule has 1 aliphatic carbocycles. The van der Waals surface area contributed by atoms with E-state index < -0.39 is 17.8 Å². The topological polar surface area (TPSA) is 75.6 Å². The Morgan fingerprint density at radius 3 is 2.70 bits per heavy atom. The lowest BCUT2D eigenvalue weighted by atomic mass is 9.73. The van der Waals surface area contributed by atoms with Gasteiger partial charge in [-0.3, -0.25) is 9.59 Å². The van der Waals surface area contributed by atoms with Crippen molar-refractivity contribution in [1.82, 2.24) is 5.32 Å². The predicted molar refractivity (Wildman–Crippen MR) is 73.8 cm³/mol. The van der Waals surface area contributed by atoms with Crippen LogP contribution >= 0.6 is 11.6 Å². The van der Waals surface area contributed by atoms with E-state index in [0.717, 1.165) is 0 Å². The number of rotatable bonds is 6. The van der Waals surface area contributed by atoms with Gasteiger partial charge in [0.1, 0.15) is 12.4 Å². The van der Waals surface area contributed by atoms with E-state index in [1.807, 2.05) is 0 Å². The first-order chi connectivity index (χ1) is 9.58. The van der Waals surface area contributed by atoms with Crippen molar-refractivity contribution in [3.05, 3.63) is 29.3 Å². The second-order valence-electron chi connectivity index (χ2n) is 4.73. The Morgan fingerprint density at radius 2 is 2.10 bits per heavy atom. The van der Waals surface area contributed by atoms with Gasteiger partial charge in [0.25, 0.3) is 0 Å². The Morgan fingerprint density at radius 1 is 1.35 bits per heavy atom. The Labute approximate surface area is 121 Å². The van der Waals surface area contributed by atoms with Crippen molar-refractivity contribution in [2.45, 2.75) is 12.8 Å². The maximum atomic E-state index is 11.8. The summed E-state index contributed by atoms with van der Waals surface area (Å²) in [4.78, 5) is 22.6. The van der Waals surface area contributed by atoms with Gasteiger partial charge in [0.15, 0.2) is 0 Å². The minimum atomic E-state index is -0.897. The molecule has 2 atom stereocenters. The molecule has 5 nitrogen and oxygen atoms in total. The lowest BCUT2D eigenvalue weighted by Gasteiger charge is -2.31. The van der Waals surface area contributed by atoms with Crippen LogP contribution in [0.4, 0.5) is 0 Å². The van der Waals surface area contributed by atoms with Crippen LogP contribution in [0.15, 0.2) is 24.3 Å². The highest BCUT2D eigenvalue weighted by atomic mass is 35.5. The molecule has 0 saturated heterocycles. The molecule has 1 aliphatic rings. The number of nitrogens with one attached hydrogen (secondary N) is 1. The summed E-state index contributed by atoms with van der Waals surface area (Å²) in [5, 5.41) is 12.2. The molecule has 20 heavy (non-hydrogen) atoms. The predicted octanol–water partition coefficient (Wildman–Crippen LogP) is 1.95. The van der Waals surface area contributed by atoms with Crippen LogP contribution < -0.4 is 10.1 Å². The van der Waals surface area contributed by atoms with Gasteiger partial charge >= 0.3 is 5.97 Å². The zero-order valence-corrected chi connectivity index (χ0v) is 11.6. The number of ether oxygens (including phenoxy) is 1. The molecule has 1 aromatic rings. The van der Waals surface area contributed by atoms with E-state index in [1.165, 1.54) is 0 Å². The molecule has 0 aromatic heterocycles. The molecule has 0 spiro atoms. The number of carbonyl (C=O) groups is 2. The van der Waals surface area contributed by atoms with Crippen LogP contribution in [-0.2, 0) is 9.59 Å². The van der Waals surface area contributed by atoms with Crippen LogP contribution in [0.2, 0.25) is 5.02 Å². The van der Waals surface area contributed by atoms with Gasteiger partial charge in [0.2, 0.25) is 5.91 Å². The van der Waals surface area contributed by atoms with Gasteiger partial charge in [-0.15, -0.1) is 0 Å². The fraction of sp³-hybridized carbons (Fsp3) is 0.429. The number of hydrogen-bond donors (Lipinski definition) is 2. The summed E-state index contributed by atoms with van der Waals surface area (Å²) in [6.07, 6.45) is 1.21. The molecule has 0 heterocycles. The summed E-state index contributed by atoms with van der Waals surface area (Å²) in [7, 11) is 0. The second kappa shape index (κ2) is 6.61. The van der Waals surface area contributed by atoms with E-state index in [1.54, 1.807) is 24.3 Å². The molecule has 2 rings (SSSR count). The molecular weight excluding hydrogens is 282 g/mol. The maximum Gasteiger partial charge on any atom is 0.307 e. The first-order valence-electron chi connectivity index (χ1n) is 6.47. The number of benzene rings is 1. The number of carbonyl (C=O) groups excluding carboxylic acids is 1. The van der Waals surface area contributed by atoms with Crippen molar-refractivity contribution in [3.8, 4) is 5.75 Å². The smallest absolute Gasteiger partial charge is 0.307 e. The third-order valence-electron chi connectivity index (χ3n) is 3.39. The van der Waals surface area contributed by atoms with Gasteiger partial charge in [-0.1, -0.05) is 17.7 Å². The molecule has 2 N–H and O–H groups in total. The van der Waals surface area contributed by atoms with Crippen molar-refractivity contribution in [2.24, 2.45) is 11.8 Å². The fourth-order valence-electron chi connectivity index (χ4n) is 2.14. The van der Waals surface area contributed by atoms with Crippen LogP contribution in [-0.4, -0.2) is 30.1 Å². The zero-order valence-electron chi connectivity index (χ0n) is 10.8. The van der Waals surface area contributed by atoms with Crippen LogP contribution in [0.1, 0.15) is 12.8 Å². The molecule has 1 saturated carbocycles. The first kappa shape index (κ1) is 14.7. The average molecular weight is 298 g/mol. The third-order valence-corrected chi connectivity index (χ3v) is 3.63. The monoisotopic (exact) mass is 297 g/mol. The summed E-state index contributed by atoms with van der Waals surface area (Å²) in [6, 6.07) is 7.00. The number of amides is 1. The fourth-order valence-corrected chi connectivity index (χ4v) is 2.32. The SMILES string of the molecule is O=C(O)C1CCC1C(=O)NCCOc1cccc(Cl)c1. The standard InChI is InChI=1S/C14H16ClNO4/c15-9-2-1-3-10(8-9)20-7-6-16-13(17)11-4-5-12(11)14(18)19/h1-3,8,11-12H,4-7H2,(H,16,17)(H,18,19). The lowest BCUT2D eigenvalue weighted by molar-refractivity contribution is -0.152. The van der Waals surface area contributed by atoms with E-state index in [-0.39, 0.29) is 5.91 Å². The molecule has 0 aliphatic heterocycles. The number of hydrogen-bond acceptors (Lipinski definition) is 3. The van der Waals surface area contributed by atoms with Crippen LogP contribution in [0.25, 0.3) is 0 Å². The Kier molecular flexibility index (Phi) is 4.84. The highest BCUT2D eigenvalue weighted by molar-refractivity contribution is 6.30. The van der Waals surface area contributed by atoms with E-state index in [2.05, 4.69) is 5.32 Å². The molecule has 0 bridgehead atoms. The quantitative estimate of drug-likeness (QED) is 0.787. The Bertz CT molecular complexity index is 506. The van der Waals surface area contributed by atoms with Gasteiger partial charge in [-0.25, -0.2) is 0 Å². The van der Waals surface area contributed by atoms with Gasteiger partial charge in [0, 0.05) is 5.02 Å². The largest absolute Gasteiger partial charge is 0.492 e. The maximum absolute atomic E-state index is 11.8. The molecule has 1 amide bonds. The summed E-state index contributed by atoms with van der Waals surface area (Å²) in [5.74, 6) is -1.41. The molecule has 0 radical (unpaired) electrons. The Balaban J connectivity index is 1.68. The van der Waals surface area contributed by atoms with Gasteiger partial charge in [0.05, 0.1) is 18.4 Å². The van der Waals surface area contributed by atoms with Crippen molar-refractivity contribution >= 4 is 23.5 Å². The highest BCUT2D eigenvalue weighted by Gasteiger charge is 2.41. The van der Waals surface area contributed by atoms with Crippen molar-refractivity contribution in [2.75, 3.05) is 13.2 Å². The summed E-state index contributed by atoms with van der Waals surface area (Å²) in [6.45, 7) is 0.657. The second-order valence-corrected chi connectivity index (χ2v) is 5.16. The van der Waals surface area contributed by atoms with Gasteiger partial charge < -0.3 is 15.2 Å². The van der Waals surface area contributed by atoms with Crippen molar-refractivity contribution in [1.29, 1.82) is 0 Å². The third kappa shape index (κ3) is 3.63. The van der Waals surface area contributed by atoms with Crippen LogP contribution in [0.5, 0.6) is 5.75 Å². The molecule has 1 fully saturated rings. The highest BCUT2D eigenvalue weighted by Crippen LogP contribution is 2.34. The number of halogens is 1. The minimum Gasteiger partial charge on any atom is -0.492 e. The molecule has 6 heteroatoms. The number of carboxylic acids is 1. The van der Waals surface area contributed by atoms with Gasteiger partial charge in [-0.2, -0.15) is 0 Å². The lowest BCUT2D eigenvalue weighted by Crippen LogP contribution is -2.44. The van der Waals surface area contributed by atoms with E-state index >= 15 is 0 Å². The number of carboxylic acid groups (broad SMARTS) is 1. The zero-order chi connectivity index (χ0) is 14.5. The molecular formula is C14H16ClNO4. The van der Waals surface area contributed by atoms with Crippen LogP contribution in [0.3, 0.4) is 0 Å². The Hall–Kier alpha value is -1.75. The molecule has 1 aromatic carbocycles. The summed E-state index contributed by atoms with van der Waals surface area (Å²) in [5.41, 5.74) is 0. The van der Waals surface area contributed by atoms with Crippen molar-refractivity contribution in [3.63, 3.8) is 0 Å². The summed E-state index contributed by atoms with van der Waals surface area (Å²) < 4.78 is 5.43. The summed E-state index contributed by atoms with van der Waals surface area (Å²) >= 11 is 5.82.